The number of aromatic nitrogens is 2. The topological polar surface area (TPSA) is 92.2 Å². The van der Waals surface area contributed by atoms with Gasteiger partial charge < -0.3 is 14.7 Å². The smallest absolute Gasteiger partial charge is 0.335 e. The maximum absolute atomic E-state index is 11.9. The number of nitrogens with one attached hydrogen (secondary N) is 1. The van der Waals surface area contributed by atoms with E-state index in [2.05, 4.69) is 4.98 Å². The fourth-order valence-corrected chi connectivity index (χ4v) is 2.22. The third-order valence-corrected chi connectivity index (χ3v) is 4.02. The van der Waals surface area contributed by atoms with Gasteiger partial charge in [0.25, 0.3) is 0 Å². The number of aromatic carboxylic acids is 1. The second kappa shape index (κ2) is 5.54. The van der Waals surface area contributed by atoms with Gasteiger partial charge in [-0.05, 0) is 24.5 Å². The standard InChI is InChI=1S/C13H14N2O4S/c1-7(20-2)6-15-10-4-3-8(13(18)19)5-9(10)14-11(16)12(15)17/h3-5,7H,6H2,1-2H3,(H,14,16)(H,18,19). The Morgan fingerprint density at radius 3 is 2.75 bits per heavy atom. The van der Waals surface area contributed by atoms with Gasteiger partial charge in [-0.15, -0.1) is 0 Å². The largest absolute Gasteiger partial charge is 0.478 e. The number of benzene rings is 1. The Bertz CT molecular complexity index is 778. The normalized spacial score (nSPS) is 12.5. The van der Waals surface area contributed by atoms with Gasteiger partial charge in [-0.3, -0.25) is 9.59 Å². The number of hydrogen-bond acceptors (Lipinski definition) is 4. The SMILES string of the molecule is CSC(C)Cn1c(=O)c(=O)[nH]c2cc(C(=O)O)ccc21. The average molecular weight is 294 g/mol. The van der Waals surface area contributed by atoms with Gasteiger partial charge >= 0.3 is 17.1 Å². The van der Waals surface area contributed by atoms with Gasteiger partial charge in [-0.1, -0.05) is 6.92 Å². The number of aromatic amines is 1. The van der Waals surface area contributed by atoms with Crippen LogP contribution in [0.5, 0.6) is 0 Å². The molecule has 106 valence electrons. The van der Waals surface area contributed by atoms with E-state index in [9.17, 15) is 14.4 Å². The number of hydrogen-bond donors (Lipinski definition) is 2. The number of thioether (sulfide) groups is 1. The molecular formula is C13H14N2O4S. The minimum Gasteiger partial charge on any atom is -0.478 e. The summed E-state index contributed by atoms with van der Waals surface area (Å²) in [5.41, 5.74) is -0.422. The molecule has 1 unspecified atom stereocenters. The van der Waals surface area contributed by atoms with Crippen LogP contribution in [-0.4, -0.2) is 32.1 Å². The number of H-pyrrole nitrogens is 1. The third kappa shape index (κ3) is 2.62. The molecule has 2 N–H and O–H groups in total. The summed E-state index contributed by atoms with van der Waals surface area (Å²) < 4.78 is 1.39. The van der Waals surface area contributed by atoms with Crippen LogP contribution in [0.2, 0.25) is 0 Å². The number of nitrogens with zero attached hydrogens (tertiary/aromatic N) is 1. The van der Waals surface area contributed by atoms with Crippen molar-refractivity contribution in [1.29, 1.82) is 0 Å². The maximum Gasteiger partial charge on any atom is 0.335 e. The second-order valence-corrected chi connectivity index (χ2v) is 5.73. The predicted octanol–water partition coefficient (Wildman–Crippen LogP) is 1.14. The summed E-state index contributed by atoms with van der Waals surface area (Å²) in [4.78, 5) is 37.0. The summed E-state index contributed by atoms with van der Waals surface area (Å²) in [5.74, 6) is -1.08. The molecule has 0 fully saturated rings. The molecule has 1 aromatic carbocycles. The van der Waals surface area contributed by atoms with Gasteiger partial charge in [0.05, 0.1) is 16.6 Å². The molecule has 2 rings (SSSR count). The van der Waals surface area contributed by atoms with Crippen LogP contribution in [-0.2, 0) is 6.54 Å². The van der Waals surface area contributed by atoms with Gasteiger partial charge in [0.2, 0.25) is 0 Å². The second-order valence-electron chi connectivity index (χ2n) is 4.45. The molecule has 2 aromatic rings. The zero-order chi connectivity index (χ0) is 14.9. The van der Waals surface area contributed by atoms with Crippen molar-refractivity contribution >= 4 is 28.8 Å². The van der Waals surface area contributed by atoms with E-state index in [1.165, 1.54) is 16.7 Å². The van der Waals surface area contributed by atoms with E-state index in [0.717, 1.165) is 0 Å². The molecule has 0 saturated carbocycles. The summed E-state index contributed by atoms with van der Waals surface area (Å²) in [6, 6.07) is 4.32. The van der Waals surface area contributed by atoms with Crippen molar-refractivity contribution in [2.24, 2.45) is 0 Å². The summed E-state index contributed by atoms with van der Waals surface area (Å²) in [5, 5.41) is 9.12. The molecule has 1 heterocycles. The average Bonchev–Trinajstić information content (AvgIpc) is 2.42. The van der Waals surface area contributed by atoms with Crippen LogP contribution < -0.4 is 11.1 Å². The Kier molecular flexibility index (Phi) is 3.99. The van der Waals surface area contributed by atoms with Gasteiger partial charge in [0.1, 0.15) is 0 Å². The summed E-state index contributed by atoms with van der Waals surface area (Å²) in [6.07, 6.45) is 1.92. The molecule has 7 heteroatoms. The Labute approximate surface area is 118 Å². The van der Waals surface area contributed by atoms with Gasteiger partial charge in [0.15, 0.2) is 0 Å². The van der Waals surface area contributed by atoms with Crippen molar-refractivity contribution in [2.75, 3.05) is 6.26 Å². The number of carbonyl (C=O) groups is 1. The molecule has 1 aromatic heterocycles. The summed E-state index contributed by atoms with van der Waals surface area (Å²) >= 11 is 1.58. The maximum atomic E-state index is 11.9. The van der Waals surface area contributed by atoms with Gasteiger partial charge in [0, 0.05) is 11.8 Å². The first-order valence-electron chi connectivity index (χ1n) is 5.97. The lowest BCUT2D eigenvalue weighted by atomic mass is 10.2. The lowest BCUT2D eigenvalue weighted by Crippen LogP contribution is -2.37. The van der Waals surface area contributed by atoms with Crippen LogP contribution in [0.3, 0.4) is 0 Å². The number of rotatable bonds is 4. The Morgan fingerprint density at radius 1 is 1.45 bits per heavy atom. The summed E-state index contributed by atoms with van der Waals surface area (Å²) in [6.45, 7) is 2.35. The van der Waals surface area contributed by atoms with Crippen molar-refractivity contribution in [3.63, 3.8) is 0 Å². The quantitative estimate of drug-likeness (QED) is 0.825. The molecule has 0 radical (unpaired) electrons. The molecule has 0 aliphatic rings. The predicted molar refractivity (Wildman–Crippen MR) is 78.8 cm³/mol. The monoisotopic (exact) mass is 294 g/mol. The molecule has 0 saturated heterocycles. The molecule has 0 spiro atoms. The van der Waals surface area contributed by atoms with E-state index in [0.29, 0.717) is 17.6 Å². The van der Waals surface area contributed by atoms with E-state index in [1.54, 1.807) is 17.8 Å². The van der Waals surface area contributed by atoms with Crippen LogP contribution >= 0.6 is 11.8 Å². The molecular weight excluding hydrogens is 280 g/mol. The lowest BCUT2D eigenvalue weighted by molar-refractivity contribution is 0.0697. The van der Waals surface area contributed by atoms with Crippen LogP contribution in [0.4, 0.5) is 0 Å². The fraction of sp³-hybridized carbons (Fsp3) is 0.308. The molecule has 0 aliphatic carbocycles. The molecule has 0 aliphatic heterocycles. The van der Waals surface area contributed by atoms with E-state index in [-0.39, 0.29) is 10.8 Å². The zero-order valence-electron chi connectivity index (χ0n) is 11.0. The molecule has 6 nitrogen and oxygen atoms in total. The first-order valence-corrected chi connectivity index (χ1v) is 7.25. The minimum absolute atomic E-state index is 0.0660. The summed E-state index contributed by atoms with van der Waals surface area (Å²) in [7, 11) is 0. The molecule has 1 atom stereocenters. The lowest BCUT2D eigenvalue weighted by Gasteiger charge is -2.13. The minimum atomic E-state index is -1.08. The first-order chi connectivity index (χ1) is 9.43. The van der Waals surface area contributed by atoms with Crippen molar-refractivity contribution < 1.29 is 9.90 Å². The van der Waals surface area contributed by atoms with Crippen LogP contribution in [0.15, 0.2) is 27.8 Å². The van der Waals surface area contributed by atoms with E-state index < -0.39 is 17.1 Å². The van der Waals surface area contributed by atoms with E-state index >= 15 is 0 Å². The van der Waals surface area contributed by atoms with Crippen LogP contribution in [0.1, 0.15) is 17.3 Å². The zero-order valence-corrected chi connectivity index (χ0v) is 11.9. The number of carboxylic acids is 1. The van der Waals surface area contributed by atoms with Crippen molar-refractivity contribution in [3.8, 4) is 0 Å². The highest BCUT2D eigenvalue weighted by atomic mass is 32.2. The number of fused-ring (bicyclic) bond motifs is 1. The fourth-order valence-electron chi connectivity index (χ4n) is 1.93. The highest BCUT2D eigenvalue weighted by Gasteiger charge is 2.12. The van der Waals surface area contributed by atoms with Crippen LogP contribution in [0, 0.1) is 0 Å². The highest BCUT2D eigenvalue weighted by Crippen LogP contribution is 2.14. The number of carboxylic acid groups (broad SMARTS) is 1. The third-order valence-electron chi connectivity index (χ3n) is 3.06. The molecule has 0 amide bonds. The van der Waals surface area contributed by atoms with Gasteiger partial charge in [-0.2, -0.15) is 11.8 Å². The van der Waals surface area contributed by atoms with E-state index in [1.807, 2.05) is 13.2 Å². The highest BCUT2D eigenvalue weighted by molar-refractivity contribution is 7.99. The van der Waals surface area contributed by atoms with Crippen molar-refractivity contribution in [3.05, 3.63) is 44.5 Å². The van der Waals surface area contributed by atoms with Crippen molar-refractivity contribution in [1.82, 2.24) is 9.55 Å². The first kappa shape index (κ1) is 14.4. The van der Waals surface area contributed by atoms with Crippen molar-refractivity contribution in [2.45, 2.75) is 18.7 Å². The van der Waals surface area contributed by atoms with E-state index in [4.69, 9.17) is 5.11 Å². The van der Waals surface area contributed by atoms with Crippen LogP contribution in [0.25, 0.3) is 11.0 Å². The Balaban J connectivity index is 2.72. The molecule has 0 bridgehead atoms. The Hall–Kier alpha value is -2.02. The van der Waals surface area contributed by atoms with Gasteiger partial charge in [-0.25, -0.2) is 4.79 Å². The Morgan fingerprint density at radius 2 is 2.15 bits per heavy atom. The molecule has 20 heavy (non-hydrogen) atoms.